The lowest BCUT2D eigenvalue weighted by molar-refractivity contribution is 0.0539. The number of amides is 1. The molecule has 1 N–H and O–H groups in total. The summed E-state index contributed by atoms with van der Waals surface area (Å²) in [6.45, 7) is 10.2. The first kappa shape index (κ1) is 26.2. The first-order valence-electron chi connectivity index (χ1n) is 12.9. The van der Waals surface area contributed by atoms with Crippen LogP contribution in [-0.2, 0) is 0 Å². The summed E-state index contributed by atoms with van der Waals surface area (Å²) in [6.07, 6.45) is 0.999. The third-order valence-electron chi connectivity index (χ3n) is 7.30. The Hall–Kier alpha value is -2.90. The van der Waals surface area contributed by atoms with Crippen molar-refractivity contribution in [2.24, 2.45) is 4.99 Å². The maximum atomic E-state index is 13.2. The van der Waals surface area contributed by atoms with E-state index in [-0.39, 0.29) is 30.6 Å². The third kappa shape index (κ3) is 5.00. The monoisotopic (exact) mass is 493 g/mol. The second-order valence-electron chi connectivity index (χ2n) is 10.1. The van der Waals surface area contributed by atoms with E-state index >= 15 is 0 Å². The Bertz CT molecular complexity index is 1110. The highest BCUT2D eigenvalue weighted by Crippen LogP contribution is 2.42. The van der Waals surface area contributed by atoms with Crippen LogP contribution in [0.2, 0.25) is 0 Å². The Labute approximate surface area is 214 Å². The highest BCUT2D eigenvalue weighted by atomic mass is 16.5. The van der Waals surface area contributed by atoms with Crippen LogP contribution in [0, 0.1) is 0 Å². The van der Waals surface area contributed by atoms with Gasteiger partial charge in [0.15, 0.2) is 11.5 Å². The van der Waals surface area contributed by atoms with E-state index in [0.29, 0.717) is 23.8 Å². The quantitative estimate of drug-likeness (QED) is 0.603. The number of likely N-dealkylation sites (N-methyl/N-ethyl adjacent to an activating group) is 1. The minimum Gasteiger partial charge on any atom is -0.493 e. The molecule has 0 spiro atoms. The van der Waals surface area contributed by atoms with Gasteiger partial charge in [-0.15, -0.1) is 0 Å². The van der Waals surface area contributed by atoms with Crippen LogP contribution in [-0.4, -0.2) is 85.1 Å². The van der Waals surface area contributed by atoms with Gasteiger partial charge in [0, 0.05) is 35.2 Å². The Morgan fingerprint density at radius 1 is 1.19 bits per heavy atom. The topological polar surface area (TPSA) is 74.6 Å². The fraction of sp³-hybridized carbons (Fsp3) is 0.517. The molecule has 3 unspecified atom stereocenters. The molecule has 194 valence electrons. The van der Waals surface area contributed by atoms with Crippen molar-refractivity contribution in [2.45, 2.75) is 58.2 Å². The molecule has 2 aliphatic heterocycles. The number of rotatable bonds is 8. The van der Waals surface area contributed by atoms with Crippen molar-refractivity contribution in [1.82, 2.24) is 9.80 Å². The number of aliphatic hydroxyl groups is 1. The number of likely N-dealkylation sites (tertiary alicyclic amines) is 1. The molecule has 2 aliphatic rings. The average molecular weight is 494 g/mol. The third-order valence-corrected chi connectivity index (χ3v) is 7.30. The predicted molar refractivity (Wildman–Crippen MR) is 143 cm³/mol. The number of fused-ring (bicyclic) bond motifs is 3. The van der Waals surface area contributed by atoms with Gasteiger partial charge in [-0.05, 0) is 77.5 Å². The number of hydrogen-bond donors (Lipinski definition) is 1. The lowest BCUT2D eigenvalue weighted by Gasteiger charge is -2.39. The Balaban J connectivity index is 1.74. The van der Waals surface area contributed by atoms with Gasteiger partial charge < -0.3 is 24.4 Å². The van der Waals surface area contributed by atoms with Crippen LogP contribution >= 0.6 is 0 Å². The molecule has 36 heavy (non-hydrogen) atoms. The molecule has 0 aliphatic carbocycles. The molecule has 2 aromatic rings. The number of ether oxygens (including phenoxy) is 2. The molecule has 0 radical (unpaired) electrons. The summed E-state index contributed by atoms with van der Waals surface area (Å²) in [5.41, 5.74) is 4.81. The van der Waals surface area contributed by atoms with E-state index in [0.717, 1.165) is 42.1 Å². The summed E-state index contributed by atoms with van der Waals surface area (Å²) in [6, 6.07) is 11.8. The highest BCUT2D eigenvalue weighted by molar-refractivity contribution is 6.15. The molecule has 0 bridgehead atoms. The molecular weight excluding hydrogens is 454 g/mol. The Morgan fingerprint density at radius 2 is 1.92 bits per heavy atom. The molecule has 7 heteroatoms. The predicted octanol–water partition coefficient (Wildman–Crippen LogP) is 3.96. The molecular formula is C29H39N3O4. The molecule has 1 saturated heterocycles. The molecule has 1 amide bonds. The van der Waals surface area contributed by atoms with E-state index in [9.17, 15) is 9.90 Å². The van der Waals surface area contributed by atoms with Crippen LogP contribution in [0.25, 0.3) is 0 Å². The van der Waals surface area contributed by atoms with Crippen molar-refractivity contribution in [3.63, 3.8) is 0 Å². The lowest BCUT2D eigenvalue weighted by Crippen LogP contribution is -2.45. The summed E-state index contributed by atoms with van der Waals surface area (Å²) in [5.74, 6) is 1.68. The summed E-state index contributed by atoms with van der Waals surface area (Å²) < 4.78 is 11.6. The first-order valence-corrected chi connectivity index (χ1v) is 12.9. The van der Waals surface area contributed by atoms with E-state index in [1.165, 1.54) is 5.56 Å². The molecule has 1 fully saturated rings. The van der Waals surface area contributed by atoms with Crippen molar-refractivity contribution >= 4 is 11.6 Å². The normalized spacial score (nSPS) is 20.3. The van der Waals surface area contributed by atoms with Crippen LogP contribution < -0.4 is 9.47 Å². The van der Waals surface area contributed by atoms with Crippen molar-refractivity contribution in [3.05, 3.63) is 58.7 Å². The van der Waals surface area contributed by atoms with Gasteiger partial charge in [0.25, 0.3) is 5.91 Å². The second kappa shape index (κ2) is 11.0. The summed E-state index contributed by atoms with van der Waals surface area (Å²) in [4.78, 5) is 22.6. The number of carbonyl (C=O) groups excluding carboxylic acids is 1. The second-order valence-corrected chi connectivity index (χ2v) is 10.1. The standard InChI is InChI=1S/C29H39N3O4/c1-7-36-27-14-22-23(15-26(27)35-6)28(30-25-12-13-31(5)16-24(22)25)20-8-10-21(11-9-20)29(34)32(18(2)3)19(4)17-33/h8-11,14-15,18-19,24-25,33H,7,12-13,16-17H2,1-6H3. The van der Waals surface area contributed by atoms with Crippen molar-refractivity contribution in [2.75, 3.05) is 40.5 Å². The molecule has 2 aromatic carbocycles. The molecule has 7 nitrogen and oxygen atoms in total. The fourth-order valence-corrected chi connectivity index (χ4v) is 5.49. The van der Waals surface area contributed by atoms with Crippen molar-refractivity contribution in [1.29, 1.82) is 0 Å². The summed E-state index contributed by atoms with van der Waals surface area (Å²) in [7, 11) is 3.82. The number of piperidine rings is 1. The summed E-state index contributed by atoms with van der Waals surface area (Å²) >= 11 is 0. The number of methoxy groups -OCH3 is 1. The van der Waals surface area contributed by atoms with E-state index in [4.69, 9.17) is 14.5 Å². The van der Waals surface area contributed by atoms with E-state index in [2.05, 4.69) is 18.0 Å². The van der Waals surface area contributed by atoms with Crippen LogP contribution in [0.5, 0.6) is 11.5 Å². The largest absolute Gasteiger partial charge is 0.493 e. The van der Waals surface area contributed by atoms with Gasteiger partial charge in [-0.2, -0.15) is 0 Å². The minimum absolute atomic E-state index is 0.0118. The average Bonchev–Trinajstić information content (AvgIpc) is 2.88. The first-order chi connectivity index (χ1) is 17.3. The van der Waals surface area contributed by atoms with Crippen LogP contribution in [0.15, 0.2) is 41.4 Å². The number of benzene rings is 2. The van der Waals surface area contributed by atoms with Crippen LogP contribution in [0.4, 0.5) is 0 Å². The van der Waals surface area contributed by atoms with Crippen molar-refractivity contribution < 1.29 is 19.4 Å². The van der Waals surface area contributed by atoms with Gasteiger partial charge in [0.1, 0.15) is 0 Å². The minimum atomic E-state index is -0.250. The van der Waals surface area contributed by atoms with E-state index in [1.54, 1.807) is 12.0 Å². The molecule has 2 heterocycles. The smallest absolute Gasteiger partial charge is 0.254 e. The van der Waals surface area contributed by atoms with Gasteiger partial charge in [-0.25, -0.2) is 0 Å². The Kier molecular flexibility index (Phi) is 8.00. The zero-order valence-electron chi connectivity index (χ0n) is 22.3. The van der Waals surface area contributed by atoms with Crippen LogP contribution in [0.3, 0.4) is 0 Å². The SMILES string of the molecule is CCOc1cc2c(cc1OC)C(c1ccc(C(=O)N(C(C)C)C(C)CO)cc1)=NC1CCN(C)CC21. The lowest BCUT2D eigenvalue weighted by atomic mass is 9.79. The van der Waals surface area contributed by atoms with Gasteiger partial charge in [0.05, 0.1) is 38.1 Å². The number of nitrogens with zero attached hydrogens (tertiary/aromatic N) is 3. The van der Waals surface area contributed by atoms with Gasteiger partial charge in [0.2, 0.25) is 0 Å². The van der Waals surface area contributed by atoms with Gasteiger partial charge >= 0.3 is 0 Å². The number of hydrogen-bond acceptors (Lipinski definition) is 6. The fourth-order valence-electron chi connectivity index (χ4n) is 5.49. The van der Waals surface area contributed by atoms with E-state index < -0.39 is 0 Å². The van der Waals surface area contributed by atoms with Gasteiger partial charge in [-0.1, -0.05) is 12.1 Å². The summed E-state index contributed by atoms with van der Waals surface area (Å²) in [5, 5.41) is 9.63. The number of aliphatic imine (C=N–C) groups is 1. The van der Waals surface area contributed by atoms with Crippen LogP contribution in [0.1, 0.15) is 67.1 Å². The zero-order valence-corrected chi connectivity index (χ0v) is 22.3. The zero-order chi connectivity index (χ0) is 26.0. The molecule has 0 aromatic heterocycles. The Morgan fingerprint density at radius 3 is 2.53 bits per heavy atom. The molecule has 3 atom stereocenters. The maximum absolute atomic E-state index is 13.2. The van der Waals surface area contributed by atoms with Gasteiger partial charge in [-0.3, -0.25) is 9.79 Å². The maximum Gasteiger partial charge on any atom is 0.254 e. The van der Waals surface area contributed by atoms with E-state index in [1.807, 2.05) is 58.0 Å². The molecule has 0 saturated carbocycles. The molecule has 4 rings (SSSR count). The number of carbonyl (C=O) groups is 1. The highest BCUT2D eigenvalue weighted by Gasteiger charge is 2.36. The number of aliphatic hydroxyl groups excluding tert-OH is 1. The van der Waals surface area contributed by atoms with Crippen molar-refractivity contribution in [3.8, 4) is 11.5 Å².